The fourth-order valence-corrected chi connectivity index (χ4v) is 4.24. The summed E-state index contributed by atoms with van der Waals surface area (Å²) < 4.78 is 8.82. The molecule has 5 heterocycles. The van der Waals surface area contributed by atoms with Gasteiger partial charge in [-0.2, -0.15) is 5.10 Å². The zero-order chi connectivity index (χ0) is 22.4. The number of imidazole rings is 1. The highest BCUT2D eigenvalue weighted by molar-refractivity contribution is 7.99. The third-order valence-corrected chi connectivity index (χ3v) is 6.23. The minimum absolute atomic E-state index is 0.0190. The molecular formula is C22H18N8O2S. The molecule has 0 aromatic carbocycles. The second-order valence-electron chi connectivity index (χ2n) is 7.68. The Morgan fingerprint density at radius 1 is 1.09 bits per heavy atom. The summed E-state index contributed by atoms with van der Waals surface area (Å²) in [6.45, 7) is 0. The summed E-state index contributed by atoms with van der Waals surface area (Å²) >= 11 is 1.39. The molecule has 11 heteroatoms. The number of fused-ring (bicyclic) bond motifs is 2. The Hall–Kier alpha value is -3.99. The van der Waals surface area contributed by atoms with Crippen LogP contribution in [0.25, 0.3) is 22.4 Å². The van der Waals surface area contributed by atoms with Crippen LogP contribution >= 0.6 is 11.8 Å². The molecule has 0 saturated heterocycles. The Kier molecular flexibility index (Phi) is 4.68. The number of nitrogens with one attached hydrogen (secondary N) is 1. The second-order valence-corrected chi connectivity index (χ2v) is 8.67. The van der Waals surface area contributed by atoms with Crippen molar-refractivity contribution < 1.29 is 9.53 Å². The number of ether oxygens (including phenoxy) is 1. The van der Waals surface area contributed by atoms with Gasteiger partial charge in [0.2, 0.25) is 16.9 Å². The molecule has 0 aliphatic heterocycles. The predicted molar refractivity (Wildman–Crippen MR) is 121 cm³/mol. The van der Waals surface area contributed by atoms with Crippen LogP contribution in [0.3, 0.4) is 0 Å². The summed E-state index contributed by atoms with van der Waals surface area (Å²) in [5.74, 6) is 1.20. The van der Waals surface area contributed by atoms with Crippen molar-refractivity contribution in [3.8, 4) is 17.0 Å². The van der Waals surface area contributed by atoms with E-state index >= 15 is 0 Å². The SMILES string of the molecule is COc1cc(-c2ccc3nnc(Sc4ccc5nc(NC(=O)C6CC6)cn5n4)n3c2)ccn1. The van der Waals surface area contributed by atoms with Crippen molar-refractivity contribution in [2.24, 2.45) is 5.92 Å². The first kappa shape index (κ1) is 19.7. The topological polar surface area (TPSA) is 112 Å². The van der Waals surface area contributed by atoms with E-state index < -0.39 is 0 Å². The quantitative estimate of drug-likeness (QED) is 0.412. The number of rotatable bonds is 6. The fraction of sp³-hybridized carbons (Fsp3) is 0.182. The molecule has 0 spiro atoms. The molecule has 10 nitrogen and oxygen atoms in total. The monoisotopic (exact) mass is 458 g/mol. The molecule has 5 aromatic rings. The van der Waals surface area contributed by atoms with Crippen LogP contribution in [0.4, 0.5) is 5.82 Å². The van der Waals surface area contributed by atoms with Gasteiger partial charge in [-0.25, -0.2) is 14.5 Å². The second kappa shape index (κ2) is 7.85. The molecule has 1 N–H and O–H groups in total. The molecule has 164 valence electrons. The molecular weight excluding hydrogens is 440 g/mol. The van der Waals surface area contributed by atoms with Crippen molar-refractivity contribution in [2.75, 3.05) is 12.4 Å². The van der Waals surface area contributed by atoms with E-state index in [9.17, 15) is 4.79 Å². The van der Waals surface area contributed by atoms with E-state index in [4.69, 9.17) is 4.74 Å². The van der Waals surface area contributed by atoms with Gasteiger partial charge in [0.05, 0.1) is 13.3 Å². The fourth-order valence-electron chi connectivity index (χ4n) is 3.46. The Balaban J connectivity index is 1.29. The highest BCUT2D eigenvalue weighted by atomic mass is 32.2. The summed E-state index contributed by atoms with van der Waals surface area (Å²) in [6.07, 6.45) is 7.30. The molecule has 0 atom stereocenters. The lowest BCUT2D eigenvalue weighted by Crippen LogP contribution is -2.13. The number of aromatic nitrogens is 7. The largest absolute Gasteiger partial charge is 0.481 e. The molecule has 0 radical (unpaired) electrons. The summed E-state index contributed by atoms with van der Waals surface area (Å²) in [4.78, 5) is 20.6. The number of nitrogens with zero attached hydrogens (tertiary/aromatic N) is 7. The summed E-state index contributed by atoms with van der Waals surface area (Å²) in [5, 5.41) is 17.5. The van der Waals surface area contributed by atoms with Crippen molar-refractivity contribution in [3.63, 3.8) is 0 Å². The van der Waals surface area contributed by atoms with E-state index in [1.807, 2.05) is 47.0 Å². The van der Waals surface area contributed by atoms with Gasteiger partial charge in [-0.05, 0) is 66.1 Å². The first-order valence-electron chi connectivity index (χ1n) is 10.4. The van der Waals surface area contributed by atoms with Crippen LogP contribution < -0.4 is 10.1 Å². The molecule has 0 unspecified atom stereocenters. The molecule has 33 heavy (non-hydrogen) atoms. The maximum atomic E-state index is 12.0. The third-order valence-electron chi connectivity index (χ3n) is 5.34. The van der Waals surface area contributed by atoms with E-state index in [0.717, 1.165) is 34.6 Å². The first-order chi connectivity index (χ1) is 16.2. The van der Waals surface area contributed by atoms with Crippen LogP contribution in [-0.4, -0.2) is 47.2 Å². The van der Waals surface area contributed by atoms with Crippen molar-refractivity contribution >= 4 is 34.8 Å². The van der Waals surface area contributed by atoms with E-state index in [1.54, 1.807) is 24.0 Å². The van der Waals surface area contributed by atoms with E-state index in [0.29, 0.717) is 22.5 Å². The molecule has 1 aliphatic rings. The van der Waals surface area contributed by atoms with Gasteiger partial charge in [0.15, 0.2) is 17.1 Å². The molecule has 1 fully saturated rings. The molecule has 1 aliphatic carbocycles. The molecule has 5 aromatic heterocycles. The number of pyridine rings is 2. The highest BCUT2D eigenvalue weighted by Crippen LogP contribution is 2.31. The van der Waals surface area contributed by atoms with E-state index in [-0.39, 0.29) is 11.8 Å². The van der Waals surface area contributed by atoms with Crippen molar-refractivity contribution in [1.29, 1.82) is 0 Å². The number of carbonyl (C=O) groups is 1. The Morgan fingerprint density at radius 2 is 1.97 bits per heavy atom. The number of carbonyl (C=O) groups excluding carboxylic acids is 1. The summed E-state index contributed by atoms with van der Waals surface area (Å²) in [6, 6.07) is 11.4. The van der Waals surface area contributed by atoms with Crippen molar-refractivity contribution in [1.82, 2.24) is 34.2 Å². The Morgan fingerprint density at radius 3 is 2.82 bits per heavy atom. The normalized spacial score (nSPS) is 13.5. The number of amides is 1. The highest BCUT2D eigenvalue weighted by Gasteiger charge is 2.30. The van der Waals surface area contributed by atoms with Crippen molar-refractivity contribution in [2.45, 2.75) is 23.0 Å². The van der Waals surface area contributed by atoms with E-state index in [2.05, 4.69) is 30.6 Å². The van der Waals surface area contributed by atoms with Crippen LogP contribution in [0.1, 0.15) is 12.8 Å². The van der Waals surface area contributed by atoms with Gasteiger partial charge in [0.25, 0.3) is 0 Å². The van der Waals surface area contributed by atoms with Gasteiger partial charge in [0, 0.05) is 24.4 Å². The lowest BCUT2D eigenvalue weighted by molar-refractivity contribution is -0.117. The molecule has 6 rings (SSSR count). The zero-order valence-electron chi connectivity index (χ0n) is 17.5. The van der Waals surface area contributed by atoms with Gasteiger partial charge in [-0.3, -0.25) is 9.20 Å². The van der Waals surface area contributed by atoms with Crippen LogP contribution in [0.15, 0.2) is 65.2 Å². The van der Waals surface area contributed by atoms with Gasteiger partial charge < -0.3 is 10.1 Å². The lowest BCUT2D eigenvalue weighted by Gasteiger charge is -2.06. The number of anilines is 1. The number of methoxy groups -OCH3 is 1. The van der Waals surface area contributed by atoms with Crippen molar-refractivity contribution in [3.05, 3.63) is 55.0 Å². The van der Waals surface area contributed by atoms with Gasteiger partial charge in [-0.1, -0.05) is 0 Å². The van der Waals surface area contributed by atoms with Crippen LogP contribution in [0.2, 0.25) is 0 Å². The smallest absolute Gasteiger partial charge is 0.228 e. The van der Waals surface area contributed by atoms with Gasteiger partial charge in [0.1, 0.15) is 5.03 Å². The van der Waals surface area contributed by atoms with E-state index in [1.165, 1.54) is 11.8 Å². The Labute approximate surface area is 192 Å². The minimum Gasteiger partial charge on any atom is -0.481 e. The lowest BCUT2D eigenvalue weighted by atomic mass is 10.1. The number of hydrogen-bond acceptors (Lipinski definition) is 8. The summed E-state index contributed by atoms with van der Waals surface area (Å²) in [7, 11) is 1.60. The number of hydrogen-bond donors (Lipinski definition) is 1. The van der Waals surface area contributed by atoms with Crippen LogP contribution in [-0.2, 0) is 4.79 Å². The first-order valence-corrected chi connectivity index (χ1v) is 11.2. The average molecular weight is 459 g/mol. The predicted octanol–water partition coefficient (Wildman–Crippen LogP) is 3.34. The molecule has 1 saturated carbocycles. The third kappa shape index (κ3) is 3.87. The van der Waals surface area contributed by atoms with Gasteiger partial charge in [-0.15, -0.1) is 10.2 Å². The van der Waals surface area contributed by atoms with Crippen LogP contribution in [0.5, 0.6) is 5.88 Å². The average Bonchev–Trinajstić information content (AvgIpc) is 3.52. The molecule has 1 amide bonds. The maximum absolute atomic E-state index is 12.0. The minimum atomic E-state index is 0.0190. The Bertz CT molecular complexity index is 1510. The standard InChI is InChI=1S/C22H18N8O2S/c1-32-19-10-14(8-9-23-19)15-4-5-18-26-27-22(29(18)11-15)33-20-7-6-17-24-16(12-30(17)28-20)25-21(31)13-2-3-13/h4-13H,2-3H2,1H3,(H,25,31). The van der Waals surface area contributed by atoms with Crippen LogP contribution in [0, 0.1) is 5.92 Å². The summed E-state index contributed by atoms with van der Waals surface area (Å²) in [5.41, 5.74) is 3.35. The van der Waals surface area contributed by atoms with Gasteiger partial charge >= 0.3 is 0 Å². The maximum Gasteiger partial charge on any atom is 0.228 e. The molecule has 0 bridgehead atoms. The zero-order valence-corrected chi connectivity index (χ0v) is 18.4.